The van der Waals surface area contributed by atoms with E-state index in [4.69, 9.17) is 0 Å². The van der Waals surface area contributed by atoms with Crippen LogP contribution in [0.3, 0.4) is 0 Å². The van der Waals surface area contributed by atoms with Gasteiger partial charge in [-0.15, -0.1) is 10.2 Å². The van der Waals surface area contributed by atoms with Crippen LogP contribution in [0.2, 0.25) is 0 Å². The molecule has 1 aromatic carbocycles. The molecule has 6 rings (SSSR count). The molecule has 10 nitrogen and oxygen atoms in total. The van der Waals surface area contributed by atoms with Crippen molar-refractivity contribution in [1.29, 1.82) is 0 Å². The standard InChI is InChI=1S/C29H32N6O4S/c1-18-7-8-21(24(15-26(36)37)23-9-13-35-20(3)31-32-27(35)19(23)2)14-22(18)16-34-17-29(10-11-29)33(4)28-25(40(34,38)39)6-5-12-30-28/h5-9,12-14,24H,10-11,15-17H2,1-4H3,(H,36,37)/t24-/m0/s1. The van der Waals surface area contributed by atoms with Gasteiger partial charge in [-0.05, 0) is 79.6 Å². The number of aliphatic carboxylic acids is 1. The highest BCUT2D eigenvalue weighted by atomic mass is 32.2. The van der Waals surface area contributed by atoms with Crippen LogP contribution in [0.25, 0.3) is 5.65 Å². The molecule has 0 amide bonds. The summed E-state index contributed by atoms with van der Waals surface area (Å²) in [4.78, 5) is 18.7. The molecule has 1 fully saturated rings. The van der Waals surface area contributed by atoms with Crippen molar-refractivity contribution in [2.24, 2.45) is 0 Å². The molecule has 2 aliphatic rings. The van der Waals surface area contributed by atoms with E-state index >= 15 is 0 Å². The minimum atomic E-state index is -3.81. The van der Waals surface area contributed by atoms with Gasteiger partial charge in [0.25, 0.3) is 0 Å². The molecule has 0 radical (unpaired) electrons. The van der Waals surface area contributed by atoms with Gasteiger partial charge in [0.1, 0.15) is 16.5 Å². The quantitative estimate of drug-likeness (QED) is 0.378. The van der Waals surface area contributed by atoms with Crippen LogP contribution >= 0.6 is 0 Å². The molecule has 0 bridgehead atoms. The molecule has 0 saturated heterocycles. The van der Waals surface area contributed by atoms with E-state index in [1.165, 1.54) is 0 Å². The molecule has 208 valence electrons. The zero-order chi connectivity index (χ0) is 28.4. The Bertz CT molecular complexity index is 1760. The molecular weight excluding hydrogens is 528 g/mol. The molecule has 4 heterocycles. The number of hydrogen-bond acceptors (Lipinski definition) is 7. The lowest BCUT2D eigenvalue weighted by Gasteiger charge is -2.29. The summed E-state index contributed by atoms with van der Waals surface area (Å²) in [5.41, 5.74) is 4.76. The van der Waals surface area contributed by atoms with Crippen LogP contribution in [-0.2, 0) is 21.4 Å². The second-order valence-electron chi connectivity index (χ2n) is 11.1. The molecule has 0 unspecified atom stereocenters. The molecule has 1 N–H and O–H groups in total. The third-order valence-electron chi connectivity index (χ3n) is 8.61. The van der Waals surface area contributed by atoms with E-state index in [2.05, 4.69) is 15.2 Å². The third kappa shape index (κ3) is 4.24. The maximum Gasteiger partial charge on any atom is 0.304 e. The number of hydrogen-bond donors (Lipinski definition) is 1. The van der Waals surface area contributed by atoms with Crippen molar-refractivity contribution in [2.45, 2.75) is 62.9 Å². The Kier molecular flexibility index (Phi) is 6.19. The average molecular weight is 561 g/mol. The van der Waals surface area contributed by atoms with Gasteiger partial charge < -0.3 is 10.0 Å². The molecular formula is C29H32N6O4S. The number of benzene rings is 1. The summed E-state index contributed by atoms with van der Waals surface area (Å²) >= 11 is 0. The Morgan fingerprint density at radius 3 is 2.62 bits per heavy atom. The second-order valence-corrected chi connectivity index (χ2v) is 13.0. The van der Waals surface area contributed by atoms with Gasteiger partial charge in [0, 0.05) is 38.4 Å². The van der Waals surface area contributed by atoms with Gasteiger partial charge in [0.2, 0.25) is 10.0 Å². The number of sulfonamides is 1. The van der Waals surface area contributed by atoms with Gasteiger partial charge in [-0.1, -0.05) is 18.2 Å². The maximum atomic E-state index is 13.9. The lowest BCUT2D eigenvalue weighted by Crippen LogP contribution is -2.43. The molecule has 40 heavy (non-hydrogen) atoms. The monoisotopic (exact) mass is 560 g/mol. The number of aromatic nitrogens is 4. The number of rotatable bonds is 6. The Hall–Kier alpha value is -3.83. The predicted molar refractivity (Wildman–Crippen MR) is 150 cm³/mol. The van der Waals surface area contributed by atoms with Crippen molar-refractivity contribution in [3.8, 4) is 0 Å². The summed E-state index contributed by atoms with van der Waals surface area (Å²) in [6.07, 6.45) is 5.19. The van der Waals surface area contributed by atoms with Crippen LogP contribution in [0.15, 0.2) is 53.7 Å². The molecule has 1 aliphatic heterocycles. The summed E-state index contributed by atoms with van der Waals surface area (Å²) in [7, 11) is -1.89. The number of pyridine rings is 2. The van der Waals surface area contributed by atoms with Crippen LogP contribution < -0.4 is 4.90 Å². The average Bonchev–Trinajstić information content (AvgIpc) is 3.62. The SMILES string of the molecule is Cc1ccc([C@H](CC(=O)O)c2ccn3c(C)nnc3c2C)cc1CN1CC2(CC2)N(C)c2ncccc2S1(=O)=O. The first-order valence-corrected chi connectivity index (χ1v) is 14.8. The summed E-state index contributed by atoms with van der Waals surface area (Å²) in [5, 5.41) is 18.3. The molecule has 11 heteroatoms. The summed E-state index contributed by atoms with van der Waals surface area (Å²) in [5.74, 6) is -0.108. The number of likely N-dealkylation sites (N-methyl/N-ethyl adjacent to an activating group) is 1. The number of carboxylic acids is 1. The number of nitrogens with zero attached hydrogens (tertiary/aromatic N) is 6. The van der Waals surface area contributed by atoms with E-state index in [0.717, 1.165) is 46.5 Å². The van der Waals surface area contributed by atoms with E-state index < -0.39 is 21.9 Å². The Morgan fingerprint density at radius 2 is 1.90 bits per heavy atom. The molecule has 4 aromatic rings. The van der Waals surface area contributed by atoms with Gasteiger partial charge >= 0.3 is 5.97 Å². The van der Waals surface area contributed by atoms with Crippen LogP contribution in [-0.4, -0.2) is 62.5 Å². The fraction of sp³-hybridized carbons (Fsp3) is 0.379. The van der Waals surface area contributed by atoms with Crippen LogP contribution in [0.1, 0.15) is 58.8 Å². The minimum absolute atomic E-state index is 0.110. The highest BCUT2D eigenvalue weighted by Crippen LogP contribution is 2.48. The first kappa shape index (κ1) is 26.4. The fourth-order valence-electron chi connectivity index (χ4n) is 5.94. The smallest absolute Gasteiger partial charge is 0.304 e. The number of carbonyl (C=O) groups is 1. The summed E-state index contributed by atoms with van der Waals surface area (Å²) < 4.78 is 31.3. The van der Waals surface area contributed by atoms with Gasteiger partial charge in [0.15, 0.2) is 5.65 Å². The highest BCUT2D eigenvalue weighted by Gasteiger charge is 2.53. The first-order valence-electron chi connectivity index (χ1n) is 13.3. The van der Waals surface area contributed by atoms with Crippen LogP contribution in [0, 0.1) is 20.8 Å². The summed E-state index contributed by atoms with van der Waals surface area (Å²) in [6, 6.07) is 11.1. The van der Waals surface area contributed by atoms with E-state index in [1.807, 2.05) is 67.6 Å². The summed E-state index contributed by atoms with van der Waals surface area (Å²) in [6.45, 7) is 6.32. The van der Waals surface area contributed by atoms with Crippen molar-refractivity contribution in [2.75, 3.05) is 18.5 Å². The zero-order valence-corrected chi connectivity index (χ0v) is 23.8. The van der Waals surface area contributed by atoms with E-state index in [0.29, 0.717) is 18.0 Å². The maximum absolute atomic E-state index is 13.9. The van der Waals surface area contributed by atoms with E-state index in [-0.39, 0.29) is 23.4 Å². The normalized spacial score (nSPS) is 18.4. The number of anilines is 1. The topological polar surface area (TPSA) is 121 Å². The second kappa shape index (κ2) is 9.38. The fourth-order valence-corrected chi connectivity index (χ4v) is 7.61. The first-order chi connectivity index (χ1) is 19.0. The van der Waals surface area contributed by atoms with Crippen molar-refractivity contribution < 1.29 is 18.3 Å². The highest BCUT2D eigenvalue weighted by molar-refractivity contribution is 7.89. The molecule has 1 atom stereocenters. The van der Waals surface area contributed by atoms with Crippen LogP contribution in [0.4, 0.5) is 5.82 Å². The molecule has 3 aromatic heterocycles. The van der Waals surface area contributed by atoms with Gasteiger partial charge in [-0.3, -0.25) is 9.20 Å². The van der Waals surface area contributed by atoms with Crippen molar-refractivity contribution in [3.63, 3.8) is 0 Å². The Labute approximate surface area is 233 Å². The third-order valence-corrected chi connectivity index (χ3v) is 10.4. The lowest BCUT2D eigenvalue weighted by atomic mass is 9.85. The number of aryl methyl sites for hydroxylation is 3. The molecule has 1 spiro atoms. The predicted octanol–water partition coefficient (Wildman–Crippen LogP) is 3.83. The van der Waals surface area contributed by atoms with Gasteiger partial charge in [-0.2, -0.15) is 4.31 Å². The van der Waals surface area contributed by atoms with Crippen molar-refractivity contribution >= 4 is 27.5 Å². The van der Waals surface area contributed by atoms with E-state index in [9.17, 15) is 18.3 Å². The van der Waals surface area contributed by atoms with E-state index in [1.54, 1.807) is 22.6 Å². The molecule has 1 saturated carbocycles. The zero-order valence-electron chi connectivity index (χ0n) is 23.0. The number of fused-ring (bicyclic) bond motifs is 2. The van der Waals surface area contributed by atoms with Gasteiger partial charge in [-0.25, -0.2) is 13.4 Å². The van der Waals surface area contributed by atoms with Crippen LogP contribution in [0.5, 0.6) is 0 Å². The number of carboxylic acid groups (broad SMARTS) is 1. The van der Waals surface area contributed by atoms with Crippen molar-refractivity contribution in [1.82, 2.24) is 23.9 Å². The van der Waals surface area contributed by atoms with Crippen molar-refractivity contribution in [3.05, 3.63) is 82.4 Å². The minimum Gasteiger partial charge on any atom is -0.481 e. The largest absolute Gasteiger partial charge is 0.481 e. The lowest BCUT2D eigenvalue weighted by molar-refractivity contribution is -0.137. The molecule has 1 aliphatic carbocycles. The Balaban J connectivity index is 1.41. The Morgan fingerprint density at radius 1 is 1.12 bits per heavy atom. The van der Waals surface area contributed by atoms with Gasteiger partial charge in [0.05, 0.1) is 12.0 Å².